The summed E-state index contributed by atoms with van der Waals surface area (Å²) in [5.41, 5.74) is 9.67. The highest BCUT2D eigenvalue weighted by molar-refractivity contribution is 7.19. The number of nitrogens with zero attached hydrogens (tertiary/aromatic N) is 3. The number of aldehydes is 1. The van der Waals surface area contributed by atoms with Crippen molar-refractivity contribution in [1.82, 2.24) is 15.0 Å². The van der Waals surface area contributed by atoms with E-state index in [0.717, 1.165) is 60.4 Å². The number of carbonyl (C=O) groups excluding carboxylic acids is 1. The van der Waals surface area contributed by atoms with E-state index in [-0.39, 0.29) is 0 Å². The summed E-state index contributed by atoms with van der Waals surface area (Å²) in [4.78, 5) is 26.0. The number of aryl methyl sites for hydroxylation is 3. The second-order valence-electron chi connectivity index (χ2n) is 15.9. The highest BCUT2D eigenvalue weighted by atomic mass is 28.3. The molecule has 0 saturated heterocycles. The van der Waals surface area contributed by atoms with Gasteiger partial charge in [0.05, 0.1) is 18.6 Å². The Balaban J connectivity index is 1.09. The summed E-state index contributed by atoms with van der Waals surface area (Å²) in [6.45, 7) is 6.20. The van der Waals surface area contributed by atoms with Gasteiger partial charge >= 0.3 is 0 Å². The van der Waals surface area contributed by atoms with Crippen LogP contribution in [0, 0.1) is 20.8 Å². The molecule has 3 heterocycles. The highest BCUT2D eigenvalue weighted by Crippen LogP contribution is 2.30. The number of hydrogen-bond donors (Lipinski definition) is 0. The van der Waals surface area contributed by atoms with Crippen molar-refractivity contribution in [2.24, 2.45) is 0 Å². The summed E-state index contributed by atoms with van der Waals surface area (Å²) in [7, 11) is -3.13. The molecule has 63 heavy (non-hydrogen) atoms. The standard InChI is InChI=1S/C55H41N3O4Si/c1-36-4-12-40(13-5-36)50-32-56-53(60-50)43-18-26-47(27-19-43)63(46-24-10-39(35-59)11-25-46,48-28-20-44(21-29-48)54-57-33-51(61-54)41-14-6-37(2)7-15-41)49-30-22-45(23-31-49)55-58-34-52(62-55)42-16-8-38(3)9-17-42/h4-35H,1-3H3. The monoisotopic (exact) mass is 835 g/mol. The van der Waals surface area contributed by atoms with Crippen LogP contribution >= 0.6 is 0 Å². The third-order valence-corrected chi connectivity index (χ3v) is 16.5. The van der Waals surface area contributed by atoms with Crippen molar-refractivity contribution in [2.45, 2.75) is 20.8 Å². The van der Waals surface area contributed by atoms with Crippen LogP contribution in [-0.4, -0.2) is 29.3 Å². The average molecular weight is 836 g/mol. The van der Waals surface area contributed by atoms with E-state index < -0.39 is 8.07 Å². The Labute approximate surface area is 366 Å². The highest BCUT2D eigenvalue weighted by Gasteiger charge is 2.42. The molecule has 0 spiro atoms. The zero-order valence-electron chi connectivity index (χ0n) is 34.9. The molecule has 7 aromatic carbocycles. The topological polar surface area (TPSA) is 95.2 Å². The van der Waals surface area contributed by atoms with Gasteiger partial charge < -0.3 is 13.3 Å². The van der Waals surface area contributed by atoms with E-state index in [1.165, 1.54) is 16.7 Å². The lowest BCUT2D eigenvalue weighted by Crippen LogP contribution is -2.74. The molecule has 0 aliphatic rings. The van der Waals surface area contributed by atoms with Gasteiger partial charge in [-0.15, -0.1) is 0 Å². The van der Waals surface area contributed by atoms with Gasteiger partial charge in [-0.3, -0.25) is 4.79 Å². The van der Waals surface area contributed by atoms with Crippen LogP contribution < -0.4 is 20.7 Å². The summed E-state index contributed by atoms with van der Waals surface area (Å²) < 4.78 is 19.0. The second kappa shape index (κ2) is 16.5. The second-order valence-corrected chi connectivity index (χ2v) is 19.7. The summed E-state index contributed by atoms with van der Waals surface area (Å²) in [5, 5.41) is 4.50. The Morgan fingerprint density at radius 1 is 0.349 bits per heavy atom. The fraction of sp³-hybridized carbons (Fsp3) is 0.0545. The maximum Gasteiger partial charge on any atom is 0.226 e. The van der Waals surface area contributed by atoms with Gasteiger partial charge in [0.15, 0.2) is 25.4 Å². The molecule has 0 atom stereocenters. The fourth-order valence-electron chi connectivity index (χ4n) is 8.18. The van der Waals surface area contributed by atoms with E-state index in [4.69, 9.17) is 13.3 Å². The van der Waals surface area contributed by atoms with Gasteiger partial charge in [-0.05, 0) is 77.9 Å². The number of benzene rings is 7. The number of oxazole rings is 3. The Hall–Kier alpha value is -7.94. The van der Waals surface area contributed by atoms with Gasteiger partial charge in [-0.25, -0.2) is 15.0 Å². The number of carbonyl (C=O) groups is 1. The van der Waals surface area contributed by atoms with Gasteiger partial charge in [-0.1, -0.05) is 150 Å². The maximum absolute atomic E-state index is 12.0. The summed E-state index contributed by atoms with van der Waals surface area (Å²) in [6, 6.07) is 58.3. The van der Waals surface area contributed by atoms with E-state index in [0.29, 0.717) is 40.5 Å². The first-order valence-corrected chi connectivity index (χ1v) is 22.8. The molecule has 0 aliphatic carbocycles. The van der Waals surface area contributed by atoms with Crippen LogP contribution in [0.15, 0.2) is 202 Å². The molecule has 8 heteroatoms. The normalized spacial score (nSPS) is 11.5. The average Bonchev–Trinajstić information content (AvgIpc) is 4.14. The molecule has 7 nitrogen and oxygen atoms in total. The third-order valence-electron chi connectivity index (χ3n) is 11.7. The molecule has 3 aromatic heterocycles. The molecule has 0 amide bonds. The van der Waals surface area contributed by atoms with Crippen LogP contribution in [0.25, 0.3) is 68.3 Å². The Bertz CT molecular complexity index is 2860. The van der Waals surface area contributed by atoms with Crippen molar-refractivity contribution in [3.63, 3.8) is 0 Å². The molecule has 0 N–H and O–H groups in total. The molecule has 0 bridgehead atoms. The van der Waals surface area contributed by atoms with E-state index in [1.807, 2.05) is 48.5 Å². The molecule has 0 fully saturated rings. The quantitative estimate of drug-likeness (QED) is 0.0727. The molecule has 0 unspecified atom stereocenters. The first kappa shape index (κ1) is 39.2. The van der Waals surface area contributed by atoms with Crippen LogP contribution in [0.5, 0.6) is 0 Å². The number of aromatic nitrogens is 3. The first-order valence-electron chi connectivity index (χ1n) is 20.8. The van der Waals surface area contributed by atoms with Gasteiger partial charge in [0.25, 0.3) is 0 Å². The summed E-state index contributed by atoms with van der Waals surface area (Å²) in [6.07, 6.45) is 6.22. The van der Waals surface area contributed by atoms with Crippen LogP contribution in [0.3, 0.4) is 0 Å². The lowest BCUT2D eigenvalue weighted by molar-refractivity contribution is 0.112. The molecule has 0 saturated carbocycles. The van der Waals surface area contributed by atoms with Crippen molar-refractivity contribution in [3.05, 3.63) is 211 Å². The van der Waals surface area contributed by atoms with Crippen molar-refractivity contribution in [3.8, 4) is 68.3 Å². The molecule has 0 aliphatic heterocycles. The minimum absolute atomic E-state index is 0.542. The minimum Gasteiger partial charge on any atom is -0.436 e. The molecule has 10 aromatic rings. The zero-order chi connectivity index (χ0) is 42.9. The minimum atomic E-state index is -3.13. The largest absolute Gasteiger partial charge is 0.436 e. The predicted molar refractivity (Wildman–Crippen MR) is 252 cm³/mol. The van der Waals surface area contributed by atoms with Crippen molar-refractivity contribution >= 4 is 35.1 Å². The molecular weight excluding hydrogens is 795 g/mol. The van der Waals surface area contributed by atoms with Gasteiger partial charge in [-0.2, -0.15) is 0 Å². The van der Waals surface area contributed by atoms with E-state index in [9.17, 15) is 4.79 Å². The SMILES string of the molecule is Cc1ccc(-c2cnc(-c3ccc([Si](c4ccc(C=O)cc4)(c4ccc(-c5ncc(-c6ccc(C)cc6)o5)cc4)c4ccc(-c5ncc(-c6ccc(C)cc6)o5)cc4)cc3)o2)cc1. The van der Waals surface area contributed by atoms with Crippen LogP contribution in [-0.2, 0) is 0 Å². The van der Waals surface area contributed by atoms with Gasteiger partial charge in [0.1, 0.15) is 6.29 Å². The maximum atomic E-state index is 12.0. The Morgan fingerprint density at radius 2 is 0.603 bits per heavy atom. The summed E-state index contributed by atoms with van der Waals surface area (Å²) in [5.74, 6) is 3.76. The Kier molecular flexibility index (Phi) is 10.3. The molecular formula is C55H41N3O4Si. The van der Waals surface area contributed by atoms with Crippen LogP contribution in [0.1, 0.15) is 27.0 Å². The van der Waals surface area contributed by atoms with E-state index in [1.54, 1.807) is 18.6 Å². The summed E-state index contributed by atoms with van der Waals surface area (Å²) >= 11 is 0. The van der Waals surface area contributed by atoms with Crippen LogP contribution in [0.4, 0.5) is 0 Å². The van der Waals surface area contributed by atoms with Gasteiger partial charge in [0, 0.05) is 38.9 Å². The fourth-order valence-corrected chi connectivity index (χ4v) is 12.8. The van der Waals surface area contributed by atoms with Crippen molar-refractivity contribution < 1.29 is 18.0 Å². The number of hydrogen-bond acceptors (Lipinski definition) is 7. The third kappa shape index (κ3) is 7.58. The van der Waals surface area contributed by atoms with Crippen molar-refractivity contribution in [1.29, 1.82) is 0 Å². The van der Waals surface area contributed by atoms with Crippen LogP contribution in [0.2, 0.25) is 0 Å². The lowest BCUT2D eigenvalue weighted by atomic mass is 10.1. The van der Waals surface area contributed by atoms with E-state index in [2.05, 4.69) is 157 Å². The first-order chi connectivity index (χ1) is 30.8. The predicted octanol–water partition coefficient (Wildman–Crippen LogP) is 10.8. The van der Waals surface area contributed by atoms with Crippen molar-refractivity contribution in [2.75, 3.05) is 0 Å². The Morgan fingerprint density at radius 3 is 0.873 bits per heavy atom. The zero-order valence-corrected chi connectivity index (χ0v) is 35.9. The smallest absolute Gasteiger partial charge is 0.226 e. The number of rotatable bonds is 11. The molecule has 0 radical (unpaired) electrons. The van der Waals surface area contributed by atoms with E-state index >= 15 is 0 Å². The lowest BCUT2D eigenvalue weighted by Gasteiger charge is -2.34. The van der Waals surface area contributed by atoms with Gasteiger partial charge in [0.2, 0.25) is 17.7 Å². The molecule has 10 rings (SSSR count). The molecule has 304 valence electrons.